The van der Waals surface area contributed by atoms with Gasteiger partial charge in [-0.25, -0.2) is 0 Å². The molecule has 1 aliphatic rings. The van der Waals surface area contributed by atoms with Gasteiger partial charge in [-0.3, -0.25) is 4.79 Å². The lowest BCUT2D eigenvalue weighted by Gasteiger charge is -2.09. The number of esters is 1. The van der Waals surface area contributed by atoms with Gasteiger partial charge in [0.2, 0.25) is 0 Å². The number of carbonyl (C=O) groups is 1. The molecule has 0 aromatic rings. The van der Waals surface area contributed by atoms with Crippen molar-refractivity contribution < 1.29 is 9.53 Å². The molecule has 0 saturated carbocycles. The molecule has 0 aromatic heterocycles. The largest absolute Gasteiger partial charge is 0.466 e. The first-order chi connectivity index (χ1) is 5.83. The first kappa shape index (κ1) is 9.56. The van der Waals surface area contributed by atoms with Gasteiger partial charge in [0.05, 0.1) is 6.61 Å². The van der Waals surface area contributed by atoms with E-state index in [0.717, 1.165) is 6.42 Å². The smallest absolute Gasteiger partial charge is 0.306 e. The number of carbonyl (C=O) groups excluding carboxylic acids is 1. The molecule has 70 valence electrons. The summed E-state index contributed by atoms with van der Waals surface area (Å²) in [6.07, 6.45) is 6.56. The fourth-order valence-electron chi connectivity index (χ4n) is 1.69. The summed E-state index contributed by atoms with van der Waals surface area (Å²) in [5, 5.41) is 0. The van der Waals surface area contributed by atoms with E-state index in [1.807, 2.05) is 0 Å². The molecule has 1 rings (SSSR count). The highest BCUT2D eigenvalue weighted by Gasteiger charge is 2.17. The Hall–Kier alpha value is -0.530. The summed E-state index contributed by atoms with van der Waals surface area (Å²) in [4.78, 5) is 11.0. The molecule has 2 nitrogen and oxygen atoms in total. The van der Waals surface area contributed by atoms with Gasteiger partial charge >= 0.3 is 5.97 Å². The van der Waals surface area contributed by atoms with Crippen LogP contribution in [0.3, 0.4) is 0 Å². The zero-order valence-electron chi connectivity index (χ0n) is 7.84. The highest BCUT2D eigenvalue weighted by Crippen LogP contribution is 2.21. The van der Waals surface area contributed by atoms with Gasteiger partial charge < -0.3 is 4.74 Å². The van der Waals surface area contributed by atoms with E-state index in [0.29, 0.717) is 18.9 Å². The Bertz CT molecular complexity index is 143. The summed E-state index contributed by atoms with van der Waals surface area (Å²) in [6.45, 7) is 2.83. The van der Waals surface area contributed by atoms with Crippen molar-refractivity contribution in [2.75, 3.05) is 6.61 Å². The third-order valence-corrected chi connectivity index (χ3v) is 2.44. The Morgan fingerprint density at radius 1 is 1.58 bits per heavy atom. The van der Waals surface area contributed by atoms with Crippen molar-refractivity contribution in [3.8, 4) is 0 Å². The van der Waals surface area contributed by atoms with Gasteiger partial charge in [0.15, 0.2) is 0 Å². The lowest BCUT2D eigenvalue weighted by atomic mass is 9.94. The number of unbranched alkanes of at least 4 members (excludes halogenated alkanes) is 1. The molecule has 1 fully saturated rings. The molecule has 12 heavy (non-hydrogen) atoms. The Balaban J connectivity index is 2.26. The molecule has 0 radical (unpaired) electrons. The van der Waals surface area contributed by atoms with Gasteiger partial charge in [-0.1, -0.05) is 19.8 Å². The second kappa shape index (κ2) is 5.18. The summed E-state index contributed by atoms with van der Waals surface area (Å²) in [5.74, 6) is 0.605. The third kappa shape index (κ3) is 3.24. The molecule has 2 heteroatoms. The van der Waals surface area contributed by atoms with Crippen LogP contribution in [0.25, 0.3) is 0 Å². The monoisotopic (exact) mass is 170 g/mol. The van der Waals surface area contributed by atoms with Crippen LogP contribution in [0.4, 0.5) is 0 Å². The van der Waals surface area contributed by atoms with Crippen LogP contribution in [0, 0.1) is 5.92 Å². The fourth-order valence-corrected chi connectivity index (χ4v) is 1.69. The van der Waals surface area contributed by atoms with Crippen LogP contribution in [-0.2, 0) is 9.53 Å². The maximum Gasteiger partial charge on any atom is 0.306 e. The lowest BCUT2D eigenvalue weighted by Crippen LogP contribution is -2.06. The van der Waals surface area contributed by atoms with E-state index in [4.69, 9.17) is 4.74 Å². The van der Waals surface area contributed by atoms with E-state index in [1.165, 1.54) is 25.7 Å². The third-order valence-electron chi connectivity index (χ3n) is 2.44. The standard InChI is InChI=1S/C10H18O2/c1-2-3-5-9-6-4-7-12-10(11)8-9/h9H,2-8H2,1H3. The quantitative estimate of drug-likeness (QED) is 0.608. The number of ether oxygens (including phenoxy) is 1. The molecule has 0 N–H and O–H groups in total. The second-order valence-corrected chi connectivity index (χ2v) is 3.58. The summed E-state index contributed by atoms with van der Waals surface area (Å²) in [5.41, 5.74) is 0. The van der Waals surface area contributed by atoms with Gasteiger partial charge in [-0.05, 0) is 25.2 Å². The van der Waals surface area contributed by atoms with Gasteiger partial charge in [0.25, 0.3) is 0 Å². The second-order valence-electron chi connectivity index (χ2n) is 3.58. The van der Waals surface area contributed by atoms with Crippen molar-refractivity contribution >= 4 is 5.97 Å². The summed E-state index contributed by atoms with van der Waals surface area (Å²) in [7, 11) is 0. The van der Waals surface area contributed by atoms with Crippen molar-refractivity contribution in [2.24, 2.45) is 5.92 Å². The van der Waals surface area contributed by atoms with Crippen molar-refractivity contribution in [3.63, 3.8) is 0 Å². The molecular weight excluding hydrogens is 152 g/mol. The molecule has 0 amide bonds. The fraction of sp³-hybridized carbons (Fsp3) is 0.900. The average Bonchev–Trinajstić information content (AvgIpc) is 2.26. The number of hydrogen-bond acceptors (Lipinski definition) is 2. The van der Waals surface area contributed by atoms with Crippen LogP contribution >= 0.6 is 0 Å². The van der Waals surface area contributed by atoms with Crippen LogP contribution in [0.1, 0.15) is 45.4 Å². The van der Waals surface area contributed by atoms with E-state index in [2.05, 4.69) is 6.92 Å². The van der Waals surface area contributed by atoms with E-state index in [-0.39, 0.29) is 5.97 Å². The Kier molecular flexibility index (Phi) is 4.12. The predicted octanol–water partition coefficient (Wildman–Crippen LogP) is 2.52. The molecule has 1 unspecified atom stereocenters. The molecule has 1 atom stereocenters. The summed E-state index contributed by atoms with van der Waals surface area (Å²) >= 11 is 0. The minimum Gasteiger partial charge on any atom is -0.466 e. The normalized spacial score (nSPS) is 24.8. The maximum atomic E-state index is 11.0. The van der Waals surface area contributed by atoms with Crippen molar-refractivity contribution in [1.82, 2.24) is 0 Å². The van der Waals surface area contributed by atoms with E-state index < -0.39 is 0 Å². The lowest BCUT2D eigenvalue weighted by molar-refractivity contribution is -0.143. The van der Waals surface area contributed by atoms with Crippen LogP contribution < -0.4 is 0 Å². The van der Waals surface area contributed by atoms with Gasteiger partial charge in [-0.2, -0.15) is 0 Å². The molecule has 1 saturated heterocycles. The predicted molar refractivity (Wildman–Crippen MR) is 47.8 cm³/mol. The molecule has 0 aromatic carbocycles. The Labute approximate surface area is 74.3 Å². The van der Waals surface area contributed by atoms with Gasteiger partial charge in [0, 0.05) is 6.42 Å². The Morgan fingerprint density at radius 2 is 2.42 bits per heavy atom. The number of hydrogen-bond donors (Lipinski definition) is 0. The van der Waals surface area contributed by atoms with Gasteiger partial charge in [0.1, 0.15) is 0 Å². The van der Waals surface area contributed by atoms with Gasteiger partial charge in [-0.15, -0.1) is 0 Å². The van der Waals surface area contributed by atoms with E-state index >= 15 is 0 Å². The molecule has 0 aliphatic carbocycles. The number of rotatable bonds is 3. The van der Waals surface area contributed by atoms with Crippen molar-refractivity contribution in [2.45, 2.75) is 45.4 Å². The Morgan fingerprint density at radius 3 is 3.17 bits per heavy atom. The molecule has 1 heterocycles. The van der Waals surface area contributed by atoms with E-state index in [9.17, 15) is 4.79 Å². The van der Waals surface area contributed by atoms with Crippen LogP contribution in [0.5, 0.6) is 0 Å². The molecule has 0 spiro atoms. The highest BCUT2D eigenvalue weighted by atomic mass is 16.5. The minimum atomic E-state index is 0.00797. The van der Waals surface area contributed by atoms with Crippen LogP contribution in [-0.4, -0.2) is 12.6 Å². The maximum absolute atomic E-state index is 11.0. The first-order valence-electron chi connectivity index (χ1n) is 4.98. The van der Waals surface area contributed by atoms with Crippen LogP contribution in [0.2, 0.25) is 0 Å². The molecule has 1 aliphatic heterocycles. The zero-order chi connectivity index (χ0) is 8.81. The first-order valence-corrected chi connectivity index (χ1v) is 4.98. The summed E-state index contributed by atoms with van der Waals surface area (Å²) in [6, 6.07) is 0. The minimum absolute atomic E-state index is 0.00797. The van der Waals surface area contributed by atoms with Crippen LogP contribution in [0.15, 0.2) is 0 Å². The highest BCUT2D eigenvalue weighted by molar-refractivity contribution is 5.69. The zero-order valence-corrected chi connectivity index (χ0v) is 7.84. The summed E-state index contributed by atoms with van der Waals surface area (Å²) < 4.78 is 4.97. The van der Waals surface area contributed by atoms with Crippen molar-refractivity contribution in [3.05, 3.63) is 0 Å². The van der Waals surface area contributed by atoms with E-state index in [1.54, 1.807) is 0 Å². The average molecular weight is 170 g/mol. The topological polar surface area (TPSA) is 26.3 Å². The molecule has 0 bridgehead atoms. The van der Waals surface area contributed by atoms with Crippen molar-refractivity contribution in [1.29, 1.82) is 0 Å². The molecular formula is C10H18O2. The SMILES string of the molecule is CCCCC1CCCOC(=O)C1. The number of cyclic esters (lactones) is 1.